The number of phenolic OH excluding ortho intramolecular Hbond substituents is 1. The molecule has 0 saturated carbocycles. The number of phenols is 1. The van der Waals surface area contributed by atoms with E-state index in [9.17, 15) is 9.90 Å². The Morgan fingerprint density at radius 2 is 2.20 bits per heavy atom. The van der Waals surface area contributed by atoms with Crippen LogP contribution in [0.2, 0.25) is 0 Å². The summed E-state index contributed by atoms with van der Waals surface area (Å²) < 4.78 is 0. The van der Waals surface area contributed by atoms with Crippen LogP contribution in [-0.2, 0) is 11.2 Å². The average molecular weight is 204 g/mol. The first-order chi connectivity index (χ1) is 7.04. The number of benzene rings is 1. The van der Waals surface area contributed by atoms with Gasteiger partial charge in [-0.2, -0.15) is 0 Å². The highest BCUT2D eigenvalue weighted by Crippen LogP contribution is 2.44. The van der Waals surface area contributed by atoms with Gasteiger partial charge in [-0.3, -0.25) is 0 Å². The Morgan fingerprint density at radius 3 is 2.87 bits per heavy atom. The number of carbonyl (C=O) groups excluding carboxylic acids is 1. The van der Waals surface area contributed by atoms with Gasteiger partial charge in [0, 0.05) is 5.41 Å². The second-order valence-electron chi connectivity index (χ2n) is 4.91. The fourth-order valence-electron chi connectivity index (χ4n) is 2.44. The van der Waals surface area contributed by atoms with Gasteiger partial charge in [0.25, 0.3) is 0 Å². The van der Waals surface area contributed by atoms with Crippen molar-refractivity contribution in [2.75, 3.05) is 0 Å². The van der Waals surface area contributed by atoms with Crippen LogP contribution >= 0.6 is 0 Å². The van der Waals surface area contributed by atoms with Crippen LogP contribution in [0.3, 0.4) is 0 Å². The maximum atomic E-state index is 11.0. The van der Waals surface area contributed by atoms with E-state index in [4.69, 9.17) is 0 Å². The van der Waals surface area contributed by atoms with E-state index in [1.165, 1.54) is 5.56 Å². The number of fused-ring (bicyclic) bond motifs is 1. The molecule has 0 amide bonds. The topological polar surface area (TPSA) is 37.3 Å². The molecule has 0 heterocycles. The van der Waals surface area contributed by atoms with E-state index in [0.29, 0.717) is 5.75 Å². The van der Waals surface area contributed by atoms with Crippen LogP contribution in [0.15, 0.2) is 18.2 Å². The lowest BCUT2D eigenvalue weighted by Gasteiger charge is -2.26. The third kappa shape index (κ3) is 1.65. The fourth-order valence-corrected chi connectivity index (χ4v) is 2.44. The molecule has 0 aromatic heterocycles. The van der Waals surface area contributed by atoms with Crippen molar-refractivity contribution < 1.29 is 9.90 Å². The third-order valence-corrected chi connectivity index (χ3v) is 3.41. The van der Waals surface area contributed by atoms with Crippen molar-refractivity contribution in [3.05, 3.63) is 29.3 Å². The molecule has 0 bridgehead atoms. The summed E-state index contributed by atoms with van der Waals surface area (Å²) >= 11 is 0. The van der Waals surface area contributed by atoms with Gasteiger partial charge in [0.1, 0.15) is 12.0 Å². The van der Waals surface area contributed by atoms with Crippen LogP contribution in [0, 0.1) is 5.41 Å². The largest absolute Gasteiger partial charge is 0.508 e. The van der Waals surface area contributed by atoms with Crippen LogP contribution in [0.4, 0.5) is 0 Å². The highest BCUT2D eigenvalue weighted by Gasteiger charge is 2.35. The summed E-state index contributed by atoms with van der Waals surface area (Å²) in [5.41, 5.74) is 2.08. The molecule has 15 heavy (non-hydrogen) atoms. The van der Waals surface area contributed by atoms with E-state index >= 15 is 0 Å². The van der Waals surface area contributed by atoms with Crippen molar-refractivity contribution in [3.63, 3.8) is 0 Å². The van der Waals surface area contributed by atoms with Gasteiger partial charge < -0.3 is 9.90 Å². The Balaban J connectivity index is 2.43. The number of rotatable bonds is 2. The monoisotopic (exact) mass is 204 g/mol. The molecular formula is C13H16O2. The molecule has 0 fully saturated rings. The van der Waals surface area contributed by atoms with Crippen LogP contribution in [0.25, 0.3) is 0 Å². The number of carbonyl (C=O) groups is 1. The molecule has 0 spiro atoms. The highest BCUT2D eigenvalue weighted by molar-refractivity contribution is 5.62. The minimum atomic E-state index is -0.334. The van der Waals surface area contributed by atoms with Gasteiger partial charge in [0.15, 0.2) is 0 Å². The summed E-state index contributed by atoms with van der Waals surface area (Å²) in [5, 5.41) is 9.46. The first kappa shape index (κ1) is 10.2. The van der Waals surface area contributed by atoms with Gasteiger partial charge in [0.05, 0.1) is 0 Å². The van der Waals surface area contributed by atoms with Crippen molar-refractivity contribution in [1.29, 1.82) is 0 Å². The molecule has 1 atom stereocenters. The number of aldehydes is 1. The summed E-state index contributed by atoms with van der Waals surface area (Å²) in [5.74, 6) is 0.541. The van der Waals surface area contributed by atoms with Crippen molar-refractivity contribution in [2.45, 2.75) is 32.6 Å². The van der Waals surface area contributed by atoms with E-state index in [0.717, 1.165) is 24.7 Å². The average Bonchev–Trinajstić information content (AvgIpc) is 2.61. The molecule has 80 valence electrons. The Bertz CT molecular complexity index is 394. The predicted octanol–water partition coefficient (Wildman–Crippen LogP) is 2.65. The number of aryl methyl sites for hydroxylation is 1. The van der Waals surface area contributed by atoms with E-state index in [1.54, 1.807) is 12.1 Å². The molecule has 2 heteroatoms. The summed E-state index contributed by atoms with van der Waals surface area (Å²) in [6.45, 7) is 3.92. The number of hydrogen-bond donors (Lipinski definition) is 1. The van der Waals surface area contributed by atoms with Gasteiger partial charge in [-0.25, -0.2) is 0 Å². The lowest BCUT2D eigenvalue weighted by Crippen LogP contribution is -2.21. The molecule has 2 rings (SSSR count). The summed E-state index contributed by atoms with van der Waals surface area (Å²) in [6, 6.07) is 5.49. The normalized spacial score (nSPS) is 20.0. The molecule has 2 nitrogen and oxygen atoms in total. The lowest BCUT2D eigenvalue weighted by atomic mass is 9.77. The maximum absolute atomic E-state index is 11.0. The molecule has 0 saturated heterocycles. The minimum Gasteiger partial charge on any atom is -0.508 e. The van der Waals surface area contributed by atoms with Crippen molar-refractivity contribution >= 4 is 6.29 Å². The van der Waals surface area contributed by atoms with Crippen LogP contribution in [-0.4, -0.2) is 11.4 Å². The molecular weight excluding hydrogens is 188 g/mol. The minimum absolute atomic E-state index is 0.247. The first-order valence-electron chi connectivity index (χ1n) is 5.33. The zero-order valence-corrected chi connectivity index (χ0v) is 9.16. The quantitative estimate of drug-likeness (QED) is 0.752. The Kier molecular flexibility index (Phi) is 2.29. The van der Waals surface area contributed by atoms with Gasteiger partial charge >= 0.3 is 0 Å². The predicted molar refractivity (Wildman–Crippen MR) is 59.0 cm³/mol. The van der Waals surface area contributed by atoms with Crippen molar-refractivity contribution in [2.24, 2.45) is 5.41 Å². The second kappa shape index (κ2) is 3.37. The molecule has 0 radical (unpaired) electrons. The van der Waals surface area contributed by atoms with E-state index in [1.807, 2.05) is 19.9 Å². The summed E-state index contributed by atoms with van der Waals surface area (Å²) in [4.78, 5) is 11.0. The standard InChI is InChI=1S/C13H16O2/c1-13(2,8-14)12-6-4-9-3-5-10(15)7-11(9)12/h3,5,7-8,12,15H,4,6H2,1-2H3. The smallest absolute Gasteiger partial charge is 0.126 e. The van der Waals surface area contributed by atoms with Gasteiger partial charge in [-0.05, 0) is 42.0 Å². The fraction of sp³-hybridized carbons (Fsp3) is 0.462. The van der Waals surface area contributed by atoms with E-state index < -0.39 is 0 Å². The zero-order chi connectivity index (χ0) is 11.1. The van der Waals surface area contributed by atoms with Crippen LogP contribution in [0.5, 0.6) is 5.75 Å². The summed E-state index contributed by atoms with van der Waals surface area (Å²) in [6.07, 6.45) is 3.04. The zero-order valence-electron chi connectivity index (χ0n) is 9.16. The Morgan fingerprint density at radius 1 is 1.47 bits per heavy atom. The second-order valence-corrected chi connectivity index (χ2v) is 4.91. The molecule has 1 unspecified atom stereocenters. The van der Waals surface area contributed by atoms with Gasteiger partial charge in [-0.15, -0.1) is 0 Å². The third-order valence-electron chi connectivity index (χ3n) is 3.41. The van der Waals surface area contributed by atoms with E-state index in [2.05, 4.69) is 0 Å². The highest BCUT2D eigenvalue weighted by atomic mass is 16.3. The van der Waals surface area contributed by atoms with Crippen molar-refractivity contribution in [1.82, 2.24) is 0 Å². The Labute approximate surface area is 89.9 Å². The molecule has 0 aliphatic heterocycles. The molecule has 1 aliphatic carbocycles. The van der Waals surface area contributed by atoms with Crippen LogP contribution in [0.1, 0.15) is 37.3 Å². The number of aromatic hydroxyl groups is 1. The molecule has 1 aromatic rings. The lowest BCUT2D eigenvalue weighted by molar-refractivity contribution is -0.115. The number of hydrogen-bond acceptors (Lipinski definition) is 2. The SMILES string of the molecule is CC(C)(C=O)C1CCc2ccc(O)cc21. The molecule has 1 N–H and O–H groups in total. The van der Waals surface area contributed by atoms with Gasteiger partial charge in [0.2, 0.25) is 0 Å². The first-order valence-corrected chi connectivity index (χ1v) is 5.33. The maximum Gasteiger partial charge on any atom is 0.126 e. The van der Waals surface area contributed by atoms with Crippen LogP contribution < -0.4 is 0 Å². The van der Waals surface area contributed by atoms with Gasteiger partial charge in [-0.1, -0.05) is 19.9 Å². The molecule has 1 aliphatic rings. The van der Waals surface area contributed by atoms with E-state index in [-0.39, 0.29) is 11.3 Å². The Hall–Kier alpha value is -1.31. The summed E-state index contributed by atoms with van der Waals surface area (Å²) in [7, 11) is 0. The molecule has 1 aromatic carbocycles. The van der Waals surface area contributed by atoms with Crippen molar-refractivity contribution in [3.8, 4) is 5.75 Å².